The van der Waals surface area contributed by atoms with E-state index in [9.17, 15) is 4.79 Å². The molecule has 2 aromatic rings. The lowest BCUT2D eigenvalue weighted by atomic mass is 9.81. The Labute approximate surface area is 176 Å². The number of para-hydroxylation sites is 1. The second-order valence-electron chi connectivity index (χ2n) is 7.56. The Morgan fingerprint density at radius 3 is 2.80 bits per heavy atom. The van der Waals surface area contributed by atoms with E-state index in [2.05, 4.69) is 6.58 Å². The molecule has 0 unspecified atom stereocenters. The SMILES string of the molecule is C=CCN1C(=O)[C@]2(Cc3ccccc31)N=C(c1ccc(OCCCO)cc1)O[C@@H]2C. The minimum atomic E-state index is -0.983. The standard InChI is InChI=1S/C24H26N2O4/c1-3-13-26-21-8-5-4-7-19(21)16-24(23(26)28)17(2)30-22(25-24)18-9-11-20(12-10-18)29-15-6-14-27/h3-5,7-12,17,27H,1,6,13-16H2,2H3/t17-,24-/m1/s1. The van der Waals surface area contributed by atoms with Crippen molar-refractivity contribution < 1.29 is 19.4 Å². The van der Waals surface area contributed by atoms with Crippen LogP contribution in [0.3, 0.4) is 0 Å². The van der Waals surface area contributed by atoms with Crippen LogP contribution in [0.4, 0.5) is 5.69 Å². The van der Waals surface area contributed by atoms with Gasteiger partial charge in [0.05, 0.1) is 6.61 Å². The second-order valence-corrected chi connectivity index (χ2v) is 7.56. The van der Waals surface area contributed by atoms with Crippen molar-refractivity contribution in [3.63, 3.8) is 0 Å². The maximum absolute atomic E-state index is 13.5. The van der Waals surface area contributed by atoms with Crippen molar-refractivity contribution in [3.8, 4) is 5.75 Å². The van der Waals surface area contributed by atoms with Crippen LogP contribution >= 0.6 is 0 Å². The number of hydrogen-bond acceptors (Lipinski definition) is 5. The third-order valence-corrected chi connectivity index (χ3v) is 5.60. The molecule has 0 aliphatic carbocycles. The highest BCUT2D eigenvalue weighted by Gasteiger charge is 2.54. The van der Waals surface area contributed by atoms with E-state index >= 15 is 0 Å². The zero-order chi connectivity index (χ0) is 21.1. The number of aliphatic hydroxyl groups excluding tert-OH is 1. The van der Waals surface area contributed by atoms with Crippen LogP contribution in [0, 0.1) is 0 Å². The van der Waals surface area contributed by atoms with Gasteiger partial charge in [0.1, 0.15) is 11.9 Å². The summed E-state index contributed by atoms with van der Waals surface area (Å²) in [7, 11) is 0. The van der Waals surface area contributed by atoms with Crippen molar-refractivity contribution in [3.05, 3.63) is 72.3 Å². The van der Waals surface area contributed by atoms with E-state index in [0.717, 1.165) is 16.8 Å². The zero-order valence-electron chi connectivity index (χ0n) is 17.1. The van der Waals surface area contributed by atoms with Crippen molar-refractivity contribution in [1.82, 2.24) is 0 Å². The third kappa shape index (κ3) is 3.48. The number of benzene rings is 2. The predicted octanol–water partition coefficient (Wildman–Crippen LogP) is 3.13. The maximum atomic E-state index is 13.5. The largest absolute Gasteiger partial charge is 0.494 e. The summed E-state index contributed by atoms with van der Waals surface area (Å²) in [5, 5.41) is 8.86. The van der Waals surface area contributed by atoms with Gasteiger partial charge >= 0.3 is 0 Å². The Bertz CT molecular complexity index is 969. The fraction of sp³-hybridized carbons (Fsp3) is 0.333. The zero-order valence-corrected chi connectivity index (χ0v) is 17.1. The minimum absolute atomic E-state index is 0.0624. The van der Waals surface area contributed by atoms with Crippen molar-refractivity contribution in [1.29, 1.82) is 0 Å². The molecule has 0 aromatic heterocycles. The number of aliphatic imine (C=N–C) groups is 1. The molecule has 2 aliphatic heterocycles. The molecule has 156 valence electrons. The number of aliphatic hydroxyl groups is 1. The number of rotatable bonds is 7. The lowest BCUT2D eigenvalue weighted by molar-refractivity contribution is -0.126. The van der Waals surface area contributed by atoms with E-state index in [1.807, 2.05) is 55.5 Å². The van der Waals surface area contributed by atoms with Crippen molar-refractivity contribution in [2.75, 3.05) is 24.7 Å². The first-order valence-corrected chi connectivity index (χ1v) is 10.2. The summed E-state index contributed by atoms with van der Waals surface area (Å²) < 4.78 is 11.7. The Kier molecular flexibility index (Phi) is 5.59. The number of carbonyl (C=O) groups excluding carboxylic acids is 1. The fourth-order valence-electron chi connectivity index (χ4n) is 3.99. The molecule has 1 N–H and O–H groups in total. The highest BCUT2D eigenvalue weighted by molar-refractivity contribution is 6.08. The highest BCUT2D eigenvalue weighted by atomic mass is 16.5. The summed E-state index contributed by atoms with van der Waals surface area (Å²) >= 11 is 0. The van der Waals surface area contributed by atoms with Crippen LogP contribution in [0.15, 0.2) is 66.2 Å². The van der Waals surface area contributed by atoms with Gasteiger partial charge in [-0.2, -0.15) is 0 Å². The minimum Gasteiger partial charge on any atom is -0.494 e. The molecule has 0 fully saturated rings. The van der Waals surface area contributed by atoms with E-state index in [1.54, 1.807) is 11.0 Å². The molecule has 1 amide bonds. The molecular weight excluding hydrogens is 380 g/mol. The third-order valence-electron chi connectivity index (χ3n) is 5.60. The van der Waals surface area contributed by atoms with Crippen LogP contribution in [0.1, 0.15) is 24.5 Å². The number of nitrogens with zero attached hydrogens (tertiary/aromatic N) is 2. The summed E-state index contributed by atoms with van der Waals surface area (Å²) in [5.41, 5.74) is 1.80. The van der Waals surface area contributed by atoms with E-state index in [4.69, 9.17) is 19.6 Å². The van der Waals surface area contributed by atoms with Gasteiger partial charge in [-0.3, -0.25) is 4.79 Å². The molecule has 2 aromatic carbocycles. The molecule has 0 bridgehead atoms. The summed E-state index contributed by atoms with van der Waals surface area (Å²) in [6, 6.07) is 15.4. The Hall–Kier alpha value is -3.12. The molecular formula is C24H26N2O4. The molecule has 2 atom stereocenters. The first-order valence-electron chi connectivity index (χ1n) is 10.2. The molecule has 6 nitrogen and oxygen atoms in total. The topological polar surface area (TPSA) is 71.4 Å². The maximum Gasteiger partial charge on any atom is 0.259 e. The lowest BCUT2D eigenvalue weighted by Crippen LogP contribution is -2.57. The Morgan fingerprint density at radius 2 is 2.07 bits per heavy atom. The summed E-state index contributed by atoms with van der Waals surface area (Å²) in [4.78, 5) is 20.1. The predicted molar refractivity (Wildman–Crippen MR) is 116 cm³/mol. The first kappa shape index (κ1) is 20.2. The quantitative estimate of drug-likeness (QED) is 0.567. The first-order chi connectivity index (χ1) is 14.6. The van der Waals surface area contributed by atoms with Crippen LogP contribution in [-0.2, 0) is 16.0 Å². The van der Waals surface area contributed by atoms with E-state index in [1.165, 1.54) is 0 Å². The molecule has 2 aliphatic rings. The smallest absolute Gasteiger partial charge is 0.259 e. The van der Waals surface area contributed by atoms with E-state index in [0.29, 0.717) is 37.6 Å². The van der Waals surface area contributed by atoms with Crippen molar-refractivity contribution in [2.24, 2.45) is 4.99 Å². The number of fused-ring (bicyclic) bond motifs is 1. The highest BCUT2D eigenvalue weighted by Crippen LogP contribution is 2.41. The average Bonchev–Trinajstić information content (AvgIpc) is 3.09. The van der Waals surface area contributed by atoms with Crippen LogP contribution in [0.2, 0.25) is 0 Å². The van der Waals surface area contributed by atoms with E-state index in [-0.39, 0.29) is 18.6 Å². The van der Waals surface area contributed by atoms with Crippen LogP contribution in [-0.4, -0.2) is 48.3 Å². The van der Waals surface area contributed by atoms with Gasteiger partial charge in [0, 0.05) is 37.2 Å². The fourth-order valence-corrected chi connectivity index (χ4v) is 3.99. The molecule has 0 radical (unpaired) electrons. The lowest BCUT2D eigenvalue weighted by Gasteiger charge is -2.39. The Balaban J connectivity index is 1.64. The average molecular weight is 406 g/mol. The van der Waals surface area contributed by atoms with Crippen LogP contribution < -0.4 is 9.64 Å². The van der Waals surface area contributed by atoms with Gasteiger partial charge in [-0.25, -0.2) is 4.99 Å². The van der Waals surface area contributed by atoms with Crippen LogP contribution in [0.25, 0.3) is 0 Å². The molecule has 4 rings (SSSR count). The molecule has 2 heterocycles. The van der Waals surface area contributed by atoms with Gasteiger partial charge in [0.25, 0.3) is 5.91 Å². The molecule has 0 saturated heterocycles. The van der Waals surface area contributed by atoms with Gasteiger partial charge in [-0.1, -0.05) is 24.3 Å². The summed E-state index contributed by atoms with van der Waals surface area (Å²) in [6.45, 7) is 6.69. The number of ether oxygens (including phenoxy) is 2. The molecule has 6 heteroatoms. The van der Waals surface area contributed by atoms with Crippen molar-refractivity contribution >= 4 is 17.5 Å². The van der Waals surface area contributed by atoms with Gasteiger partial charge in [0.15, 0.2) is 5.54 Å². The van der Waals surface area contributed by atoms with Gasteiger partial charge in [0.2, 0.25) is 5.90 Å². The Morgan fingerprint density at radius 1 is 1.30 bits per heavy atom. The normalized spacial score (nSPS) is 22.5. The van der Waals surface area contributed by atoms with Gasteiger partial charge in [-0.05, 0) is 42.8 Å². The summed E-state index contributed by atoms with van der Waals surface area (Å²) in [6.07, 6.45) is 2.43. The molecule has 0 saturated carbocycles. The number of amides is 1. The number of hydrogen-bond donors (Lipinski definition) is 1. The molecule has 30 heavy (non-hydrogen) atoms. The molecule has 1 spiro atoms. The van der Waals surface area contributed by atoms with Crippen molar-refractivity contribution in [2.45, 2.75) is 31.4 Å². The monoisotopic (exact) mass is 406 g/mol. The summed E-state index contributed by atoms with van der Waals surface area (Å²) in [5.74, 6) is 1.12. The van der Waals surface area contributed by atoms with Crippen LogP contribution in [0.5, 0.6) is 5.75 Å². The van der Waals surface area contributed by atoms with E-state index < -0.39 is 5.54 Å². The van der Waals surface area contributed by atoms with Gasteiger partial charge in [-0.15, -0.1) is 6.58 Å². The number of anilines is 1. The van der Waals surface area contributed by atoms with Gasteiger partial charge < -0.3 is 19.5 Å². The second kappa shape index (κ2) is 8.32. The number of carbonyl (C=O) groups is 1.